The number of ether oxygens (including phenoxy) is 1. The standard InChI is InChI=1S/C24H26N2O3/c1-3-16-29-19-13-11-18(12-14-19)21-22(24(28)25(4-2)23(21)27)26-15-7-9-17-8-5-6-10-20(17)26/h5-6,8,10-14H,3-4,7,9,15-16H2,1-2H3. The van der Waals surface area contributed by atoms with E-state index in [4.69, 9.17) is 4.74 Å². The zero-order chi connectivity index (χ0) is 20.4. The first-order chi connectivity index (χ1) is 14.2. The molecule has 0 radical (unpaired) electrons. The lowest BCUT2D eigenvalue weighted by Crippen LogP contribution is -2.37. The molecule has 2 aromatic carbocycles. The summed E-state index contributed by atoms with van der Waals surface area (Å²) in [6.07, 6.45) is 2.87. The van der Waals surface area contributed by atoms with Crippen molar-refractivity contribution in [2.24, 2.45) is 0 Å². The maximum absolute atomic E-state index is 13.2. The SMILES string of the molecule is CCCOc1ccc(C2=C(N3CCCc4ccccc43)C(=O)N(CC)C2=O)cc1. The van der Waals surface area contributed by atoms with E-state index >= 15 is 0 Å². The summed E-state index contributed by atoms with van der Waals surface area (Å²) < 4.78 is 5.66. The summed E-state index contributed by atoms with van der Waals surface area (Å²) in [5.41, 5.74) is 3.96. The second-order valence-electron chi connectivity index (χ2n) is 7.33. The van der Waals surface area contributed by atoms with Crippen LogP contribution in [0.15, 0.2) is 54.2 Å². The van der Waals surface area contributed by atoms with Crippen molar-refractivity contribution in [3.05, 3.63) is 65.4 Å². The number of nitrogens with zero attached hydrogens (tertiary/aromatic N) is 2. The number of amides is 2. The van der Waals surface area contributed by atoms with Gasteiger partial charge < -0.3 is 9.64 Å². The van der Waals surface area contributed by atoms with Gasteiger partial charge in [0, 0.05) is 18.8 Å². The summed E-state index contributed by atoms with van der Waals surface area (Å²) in [6.45, 7) is 5.63. The van der Waals surface area contributed by atoms with Crippen molar-refractivity contribution < 1.29 is 14.3 Å². The topological polar surface area (TPSA) is 49.9 Å². The van der Waals surface area contributed by atoms with Crippen LogP contribution in [0, 0.1) is 0 Å². The third-order valence-electron chi connectivity index (χ3n) is 5.46. The first-order valence-electron chi connectivity index (χ1n) is 10.3. The summed E-state index contributed by atoms with van der Waals surface area (Å²) in [4.78, 5) is 29.8. The Hall–Kier alpha value is -3.08. The Morgan fingerprint density at radius 1 is 0.966 bits per heavy atom. The van der Waals surface area contributed by atoms with Crippen molar-refractivity contribution in [1.82, 2.24) is 4.90 Å². The van der Waals surface area contributed by atoms with Gasteiger partial charge >= 0.3 is 0 Å². The highest BCUT2D eigenvalue weighted by molar-refractivity contribution is 6.36. The maximum atomic E-state index is 13.2. The molecule has 0 spiro atoms. The van der Waals surface area contributed by atoms with Crippen molar-refractivity contribution in [2.45, 2.75) is 33.1 Å². The van der Waals surface area contributed by atoms with Crippen LogP contribution in [-0.2, 0) is 16.0 Å². The van der Waals surface area contributed by atoms with Gasteiger partial charge in [0.05, 0.1) is 12.2 Å². The molecule has 4 rings (SSSR count). The average molecular weight is 390 g/mol. The highest BCUT2D eigenvalue weighted by Crippen LogP contribution is 2.38. The first kappa shape index (κ1) is 19.2. The van der Waals surface area contributed by atoms with Crippen molar-refractivity contribution >= 4 is 23.1 Å². The second-order valence-corrected chi connectivity index (χ2v) is 7.33. The molecular formula is C24H26N2O3. The van der Waals surface area contributed by atoms with E-state index in [0.717, 1.165) is 42.8 Å². The van der Waals surface area contributed by atoms with Crippen LogP contribution in [0.5, 0.6) is 5.75 Å². The van der Waals surface area contributed by atoms with Gasteiger partial charge in [0.25, 0.3) is 11.8 Å². The van der Waals surface area contributed by atoms with E-state index < -0.39 is 0 Å². The second kappa shape index (κ2) is 8.11. The van der Waals surface area contributed by atoms with Gasteiger partial charge in [-0.15, -0.1) is 0 Å². The van der Waals surface area contributed by atoms with Gasteiger partial charge in [0.2, 0.25) is 0 Å². The Bertz CT molecular complexity index is 962. The normalized spacial score (nSPS) is 16.5. The molecule has 2 aliphatic rings. The number of likely N-dealkylation sites (N-methyl/N-ethyl adjacent to an activating group) is 1. The van der Waals surface area contributed by atoms with Crippen LogP contribution >= 0.6 is 0 Å². The molecular weight excluding hydrogens is 364 g/mol. The molecule has 0 N–H and O–H groups in total. The molecule has 2 aliphatic heterocycles. The number of para-hydroxylation sites is 1. The minimum Gasteiger partial charge on any atom is -0.494 e. The van der Waals surface area contributed by atoms with Crippen LogP contribution in [0.2, 0.25) is 0 Å². The Balaban J connectivity index is 1.80. The van der Waals surface area contributed by atoms with Gasteiger partial charge in [-0.2, -0.15) is 0 Å². The minimum absolute atomic E-state index is 0.212. The lowest BCUT2D eigenvalue weighted by molar-refractivity contribution is -0.136. The largest absolute Gasteiger partial charge is 0.494 e. The Kier molecular flexibility index (Phi) is 5.38. The number of carbonyl (C=O) groups excluding carboxylic acids is 2. The molecule has 0 saturated heterocycles. The van der Waals surface area contributed by atoms with Crippen LogP contribution in [0.1, 0.15) is 37.8 Å². The fraction of sp³-hybridized carbons (Fsp3) is 0.333. The molecule has 2 amide bonds. The van der Waals surface area contributed by atoms with Gasteiger partial charge in [-0.05, 0) is 55.5 Å². The van der Waals surface area contributed by atoms with Gasteiger partial charge in [-0.1, -0.05) is 37.3 Å². The van der Waals surface area contributed by atoms with Crippen LogP contribution in [0.25, 0.3) is 5.57 Å². The molecule has 150 valence electrons. The van der Waals surface area contributed by atoms with Crippen LogP contribution in [0.3, 0.4) is 0 Å². The van der Waals surface area contributed by atoms with E-state index in [0.29, 0.717) is 24.4 Å². The fourth-order valence-electron chi connectivity index (χ4n) is 4.06. The molecule has 2 heterocycles. The Labute approximate surface area is 171 Å². The number of benzene rings is 2. The lowest BCUT2D eigenvalue weighted by atomic mass is 9.98. The smallest absolute Gasteiger partial charge is 0.278 e. The number of hydrogen-bond donors (Lipinski definition) is 0. The predicted molar refractivity (Wildman–Crippen MR) is 114 cm³/mol. The Morgan fingerprint density at radius 3 is 2.45 bits per heavy atom. The average Bonchev–Trinajstić information content (AvgIpc) is 3.01. The van der Waals surface area contributed by atoms with Crippen LogP contribution in [-0.4, -0.2) is 36.4 Å². The number of rotatable bonds is 6. The third-order valence-corrected chi connectivity index (χ3v) is 5.46. The molecule has 2 aromatic rings. The van der Waals surface area contributed by atoms with E-state index in [1.165, 1.54) is 10.5 Å². The van der Waals surface area contributed by atoms with Gasteiger partial charge in [-0.25, -0.2) is 0 Å². The van der Waals surface area contributed by atoms with Gasteiger partial charge in [0.15, 0.2) is 0 Å². The molecule has 29 heavy (non-hydrogen) atoms. The predicted octanol–water partition coefficient (Wildman–Crippen LogP) is 4.03. The summed E-state index contributed by atoms with van der Waals surface area (Å²) in [6, 6.07) is 15.6. The third kappa shape index (κ3) is 3.41. The lowest BCUT2D eigenvalue weighted by Gasteiger charge is -2.32. The van der Waals surface area contributed by atoms with Crippen LogP contribution < -0.4 is 9.64 Å². The van der Waals surface area contributed by atoms with E-state index in [2.05, 4.69) is 13.0 Å². The number of fused-ring (bicyclic) bond motifs is 1. The van der Waals surface area contributed by atoms with Gasteiger partial charge in [-0.3, -0.25) is 14.5 Å². The van der Waals surface area contributed by atoms with Crippen molar-refractivity contribution in [1.29, 1.82) is 0 Å². The molecule has 0 aliphatic carbocycles. The highest BCUT2D eigenvalue weighted by atomic mass is 16.5. The van der Waals surface area contributed by atoms with Crippen molar-refractivity contribution in [3.8, 4) is 5.75 Å². The summed E-state index contributed by atoms with van der Waals surface area (Å²) >= 11 is 0. The first-order valence-corrected chi connectivity index (χ1v) is 10.3. The number of anilines is 1. The zero-order valence-electron chi connectivity index (χ0n) is 17.0. The molecule has 0 atom stereocenters. The molecule has 0 aromatic heterocycles. The number of aryl methyl sites for hydroxylation is 1. The van der Waals surface area contributed by atoms with E-state index in [-0.39, 0.29) is 11.8 Å². The number of hydrogen-bond acceptors (Lipinski definition) is 4. The van der Waals surface area contributed by atoms with Crippen molar-refractivity contribution in [2.75, 3.05) is 24.6 Å². The van der Waals surface area contributed by atoms with E-state index in [9.17, 15) is 9.59 Å². The zero-order valence-corrected chi connectivity index (χ0v) is 17.0. The van der Waals surface area contributed by atoms with E-state index in [1.54, 1.807) is 0 Å². The Morgan fingerprint density at radius 2 is 1.72 bits per heavy atom. The summed E-state index contributed by atoms with van der Waals surface area (Å²) in [5.74, 6) is 0.332. The molecule has 5 nitrogen and oxygen atoms in total. The fourth-order valence-corrected chi connectivity index (χ4v) is 4.06. The quantitative estimate of drug-likeness (QED) is 0.699. The molecule has 0 saturated carbocycles. The summed E-state index contributed by atoms with van der Waals surface area (Å²) in [7, 11) is 0. The molecule has 0 fully saturated rings. The molecule has 0 bridgehead atoms. The summed E-state index contributed by atoms with van der Waals surface area (Å²) in [5, 5.41) is 0. The highest BCUT2D eigenvalue weighted by Gasteiger charge is 2.41. The van der Waals surface area contributed by atoms with Crippen LogP contribution in [0.4, 0.5) is 5.69 Å². The number of carbonyl (C=O) groups is 2. The monoisotopic (exact) mass is 390 g/mol. The maximum Gasteiger partial charge on any atom is 0.278 e. The number of imide groups is 1. The van der Waals surface area contributed by atoms with E-state index in [1.807, 2.05) is 54.3 Å². The minimum atomic E-state index is -0.224. The van der Waals surface area contributed by atoms with Crippen molar-refractivity contribution in [3.63, 3.8) is 0 Å². The van der Waals surface area contributed by atoms with Gasteiger partial charge in [0.1, 0.15) is 11.4 Å². The molecule has 5 heteroatoms. The molecule has 0 unspecified atom stereocenters.